The maximum absolute atomic E-state index is 13.5. The molecule has 198 valence electrons. The van der Waals surface area contributed by atoms with E-state index >= 15 is 0 Å². The molecule has 3 N–H and O–H groups in total. The molecule has 0 aliphatic carbocycles. The third-order valence-corrected chi connectivity index (χ3v) is 9.14. The predicted molar refractivity (Wildman–Crippen MR) is 139 cm³/mol. The number of anilines is 1. The molecule has 0 fully saturated rings. The minimum atomic E-state index is -3.70. The molecule has 1 aliphatic heterocycles. The molecule has 0 bridgehead atoms. The van der Waals surface area contributed by atoms with Gasteiger partial charge in [0, 0.05) is 31.2 Å². The number of nitrogens with zero attached hydrogens (tertiary/aromatic N) is 2. The summed E-state index contributed by atoms with van der Waals surface area (Å²) in [5.41, 5.74) is 0.626. The van der Waals surface area contributed by atoms with Crippen molar-refractivity contribution in [3.8, 4) is 5.75 Å². The number of hydrogen-bond acceptors (Lipinski definition) is 7. The fourth-order valence-corrected chi connectivity index (χ4v) is 6.25. The van der Waals surface area contributed by atoms with Crippen LogP contribution in [0.4, 0.5) is 10.5 Å². The summed E-state index contributed by atoms with van der Waals surface area (Å²) in [5.74, 6) is -0.306. The molecule has 2 aromatic rings. The van der Waals surface area contributed by atoms with Gasteiger partial charge in [0.2, 0.25) is 0 Å². The van der Waals surface area contributed by atoms with E-state index in [1.807, 2.05) is 20.8 Å². The monoisotopic (exact) mass is 538 g/mol. The average Bonchev–Trinajstić information content (AvgIpc) is 3.36. The standard InChI is InChI=1S/C24H34N4O6S2/c1-15(2)25-24(31)26-18-8-9-20-19(11-18)23(30)28(17(4)14-29)12-16(3)21(34-20)13-27(5)36(32,33)22-7-6-10-35-22/h6-11,15-17,21,29H,12-14H2,1-5H3,(H2,25,26,31)/t16-,17+,21-/m0/s1. The Morgan fingerprint density at radius 3 is 2.64 bits per heavy atom. The molecule has 36 heavy (non-hydrogen) atoms. The van der Waals surface area contributed by atoms with Crippen LogP contribution >= 0.6 is 11.3 Å². The van der Waals surface area contributed by atoms with Crippen molar-refractivity contribution in [2.24, 2.45) is 5.92 Å². The molecule has 10 nitrogen and oxygen atoms in total. The summed E-state index contributed by atoms with van der Waals surface area (Å²) in [5, 5.41) is 17.0. The van der Waals surface area contributed by atoms with Crippen LogP contribution in [0, 0.1) is 5.92 Å². The molecule has 1 aliphatic rings. The third kappa shape index (κ3) is 6.36. The molecule has 0 saturated heterocycles. The quantitative estimate of drug-likeness (QED) is 0.474. The number of aliphatic hydroxyl groups is 1. The molecule has 3 rings (SSSR count). The number of likely N-dealkylation sites (N-methyl/N-ethyl adjacent to an activating group) is 1. The zero-order valence-corrected chi connectivity index (χ0v) is 22.7. The highest BCUT2D eigenvalue weighted by Crippen LogP contribution is 2.31. The number of amides is 3. The Kier molecular flexibility index (Phi) is 8.98. The van der Waals surface area contributed by atoms with E-state index in [2.05, 4.69) is 10.6 Å². The Morgan fingerprint density at radius 1 is 1.31 bits per heavy atom. The molecular formula is C24H34N4O6S2. The topological polar surface area (TPSA) is 128 Å². The SMILES string of the molecule is CC(C)NC(=O)Nc1ccc2c(c1)C(=O)N([C@H](C)CO)C[C@H](C)[C@H](CN(C)S(=O)(=O)c1cccs1)O2. The Hall–Kier alpha value is -2.67. The van der Waals surface area contributed by atoms with E-state index in [0.29, 0.717) is 5.69 Å². The number of carbonyl (C=O) groups is 2. The number of sulfonamides is 1. The van der Waals surface area contributed by atoms with Crippen LogP contribution in [0.2, 0.25) is 0 Å². The van der Waals surface area contributed by atoms with Gasteiger partial charge in [0.15, 0.2) is 0 Å². The maximum atomic E-state index is 13.5. The highest BCUT2D eigenvalue weighted by atomic mass is 32.2. The fraction of sp³-hybridized carbons (Fsp3) is 0.500. The first-order chi connectivity index (χ1) is 16.9. The summed E-state index contributed by atoms with van der Waals surface area (Å²) >= 11 is 1.14. The summed E-state index contributed by atoms with van der Waals surface area (Å²) in [6, 6.07) is 7.06. The lowest BCUT2D eigenvalue weighted by molar-refractivity contribution is 0.0387. The number of fused-ring (bicyclic) bond motifs is 1. The van der Waals surface area contributed by atoms with E-state index in [0.717, 1.165) is 11.3 Å². The van der Waals surface area contributed by atoms with Crippen LogP contribution in [-0.4, -0.2) is 79.6 Å². The van der Waals surface area contributed by atoms with E-state index in [9.17, 15) is 23.1 Å². The van der Waals surface area contributed by atoms with Gasteiger partial charge < -0.3 is 25.4 Å². The van der Waals surface area contributed by atoms with Gasteiger partial charge in [0.1, 0.15) is 16.1 Å². The molecule has 3 amide bonds. The number of ether oxygens (including phenoxy) is 1. The smallest absolute Gasteiger partial charge is 0.319 e. The van der Waals surface area contributed by atoms with Crippen LogP contribution in [0.1, 0.15) is 38.1 Å². The minimum Gasteiger partial charge on any atom is -0.488 e. The predicted octanol–water partition coefficient (Wildman–Crippen LogP) is 2.82. The van der Waals surface area contributed by atoms with E-state index in [1.54, 1.807) is 41.5 Å². The Morgan fingerprint density at radius 2 is 2.03 bits per heavy atom. The first kappa shape index (κ1) is 27.9. The van der Waals surface area contributed by atoms with Crippen LogP contribution in [-0.2, 0) is 10.0 Å². The van der Waals surface area contributed by atoms with Gasteiger partial charge in [0.05, 0.1) is 24.8 Å². The van der Waals surface area contributed by atoms with Crippen molar-refractivity contribution >= 4 is 39.0 Å². The van der Waals surface area contributed by atoms with Crippen LogP contribution < -0.4 is 15.4 Å². The summed E-state index contributed by atoms with van der Waals surface area (Å²) in [7, 11) is -2.19. The number of benzene rings is 1. The zero-order valence-electron chi connectivity index (χ0n) is 21.1. The summed E-state index contributed by atoms with van der Waals surface area (Å²) < 4.78 is 33.8. The van der Waals surface area contributed by atoms with Gasteiger partial charge in [-0.2, -0.15) is 4.31 Å². The van der Waals surface area contributed by atoms with Crippen molar-refractivity contribution in [1.29, 1.82) is 0 Å². The molecule has 0 unspecified atom stereocenters. The van der Waals surface area contributed by atoms with Gasteiger partial charge in [-0.15, -0.1) is 11.3 Å². The normalized spacial score (nSPS) is 19.3. The number of rotatable bonds is 8. The molecule has 2 heterocycles. The number of thiophene rings is 1. The minimum absolute atomic E-state index is 0.0627. The molecule has 1 aromatic carbocycles. The average molecular weight is 539 g/mol. The van der Waals surface area contributed by atoms with Crippen molar-refractivity contribution < 1.29 is 27.9 Å². The fourth-order valence-electron chi connectivity index (χ4n) is 3.86. The van der Waals surface area contributed by atoms with Crippen LogP contribution in [0.3, 0.4) is 0 Å². The molecule has 0 radical (unpaired) electrons. The number of hydrogen-bond donors (Lipinski definition) is 3. The summed E-state index contributed by atoms with van der Waals surface area (Å²) in [6.07, 6.45) is -0.576. The lowest BCUT2D eigenvalue weighted by Crippen LogP contribution is -2.50. The van der Waals surface area contributed by atoms with Gasteiger partial charge >= 0.3 is 6.03 Å². The van der Waals surface area contributed by atoms with E-state index in [-0.39, 0.29) is 53.1 Å². The molecule has 3 atom stereocenters. The molecule has 1 aromatic heterocycles. The number of urea groups is 1. The maximum Gasteiger partial charge on any atom is 0.319 e. The Bertz CT molecular complexity index is 1170. The first-order valence-electron chi connectivity index (χ1n) is 11.7. The van der Waals surface area contributed by atoms with Crippen molar-refractivity contribution in [3.05, 3.63) is 41.3 Å². The summed E-state index contributed by atoms with van der Waals surface area (Å²) in [4.78, 5) is 27.2. The third-order valence-electron chi connectivity index (χ3n) is 5.94. The van der Waals surface area contributed by atoms with E-state index in [1.165, 1.54) is 17.4 Å². The van der Waals surface area contributed by atoms with Gasteiger partial charge in [-0.25, -0.2) is 13.2 Å². The second kappa shape index (κ2) is 11.6. The van der Waals surface area contributed by atoms with Crippen LogP contribution in [0.5, 0.6) is 5.75 Å². The number of aliphatic hydroxyl groups excluding tert-OH is 1. The Balaban J connectivity index is 1.94. The summed E-state index contributed by atoms with van der Waals surface area (Å²) in [6.45, 7) is 7.38. The Labute approximate surface area is 216 Å². The largest absolute Gasteiger partial charge is 0.488 e. The second-order valence-electron chi connectivity index (χ2n) is 9.30. The highest BCUT2D eigenvalue weighted by Gasteiger charge is 2.35. The molecule has 0 spiro atoms. The van der Waals surface area contributed by atoms with Crippen molar-refractivity contribution in [1.82, 2.24) is 14.5 Å². The van der Waals surface area contributed by atoms with Gasteiger partial charge in [-0.05, 0) is 50.4 Å². The van der Waals surface area contributed by atoms with E-state index in [4.69, 9.17) is 4.74 Å². The van der Waals surface area contributed by atoms with Gasteiger partial charge in [-0.1, -0.05) is 13.0 Å². The number of carbonyl (C=O) groups excluding carboxylic acids is 2. The highest BCUT2D eigenvalue weighted by molar-refractivity contribution is 7.91. The van der Waals surface area contributed by atoms with Crippen molar-refractivity contribution in [2.45, 2.75) is 50.1 Å². The number of nitrogens with one attached hydrogen (secondary N) is 2. The van der Waals surface area contributed by atoms with Crippen molar-refractivity contribution in [2.75, 3.05) is 32.1 Å². The van der Waals surface area contributed by atoms with E-state index < -0.39 is 28.2 Å². The molecular weight excluding hydrogens is 504 g/mol. The van der Waals surface area contributed by atoms with Gasteiger partial charge in [-0.3, -0.25) is 4.79 Å². The van der Waals surface area contributed by atoms with Crippen molar-refractivity contribution in [3.63, 3.8) is 0 Å². The lowest BCUT2D eigenvalue weighted by atomic mass is 9.99. The zero-order chi connectivity index (χ0) is 26.6. The molecule has 0 saturated carbocycles. The lowest BCUT2D eigenvalue weighted by Gasteiger charge is -2.38. The first-order valence-corrected chi connectivity index (χ1v) is 14.1. The second-order valence-corrected chi connectivity index (χ2v) is 12.5. The van der Waals surface area contributed by atoms with Gasteiger partial charge in [0.25, 0.3) is 15.9 Å². The van der Waals surface area contributed by atoms with Crippen LogP contribution in [0.15, 0.2) is 39.9 Å². The van der Waals surface area contributed by atoms with Crippen LogP contribution in [0.25, 0.3) is 0 Å². The molecule has 12 heteroatoms.